The van der Waals surface area contributed by atoms with Gasteiger partial charge in [-0.25, -0.2) is 4.79 Å². The zero-order valence-corrected chi connectivity index (χ0v) is 11.8. The standard InChI is InChI=1S/C14H16F3NO3/c1-8(2)12(19)11(18-13(20)21-3)9-5-4-6-10(7-9)14(15,16)17/h4-8,11H,1-3H3,(H,18,20). The number of benzene rings is 1. The number of ketones is 1. The highest BCUT2D eigenvalue weighted by atomic mass is 19.4. The van der Waals surface area contributed by atoms with Gasteiger partial charge >= 0.3 is 12.3 Å². The van der Waals surface area contributed by atoms with Gasteiger partial charge < -0.3 is 10.1 Å². The van der Waals surface area contributed by atoms with E-state index in [0.29, 0.717) is 0 Å². The van der Waals surface area contributed by atoms with Gasteiger partial charge in [0.2, 0.25) is 0 Å². The maximum absolute atomic E-state index is 12.7. The summed E-state index contributed by atoms with van der Waals surface area (Å²) in [6, 6.07) is 3.12. The first kappa shape index (κ1) is 17.0. The lowest BCUT2D eigenvalue weighted by Gasteiger charge is -2.20. The molecule has 0 heterocycles. The second-order valence-electron chi connectivity index (χ2n) is 4.75. The van der Waals surface area contributed by atoms with Gasteiger partial charge in [0.15, 0.2) is 5.78 Å². The molecule has 0 spiro atoms. The molecule has 0 fully saturated rings. The Morgan fingerprint density at radius 2 is 1.86 bits per heavy atom. The molecule has 0 aliphatic carbocycles. The average Bonchev–Trinajstić information content (AvgIpc) is 2.42. The van der Waals surface area contributed by atoms with E-state index in [1.807, 2.05) is 0 Å². The number of amides is 1. The van der Waals surface area contributed by atoms with Gasteiger partial charge in [0, 0.05) is 5.92 Å². The van der Waals surface area contributed by atoms with Gasteiger partial charge in [-0.15, -0.1) is 0 Å². The Hall–Kier alpha value is -2.05. The van der Waals surface area contributed by atoms with E-state index in [9.17, 15) is 22.8 Å². The number of rotatable bonds is 4. The summed E-state index contributed by atoms with van der Waals surface area (Å²) in [7, 11) is 1.11. The summed E-state index contributed by atoms with van der Waals surface area (Å²) in [5.41, 5.74) is -0.817. The third kappa shape index (κ3) is 4.47. The number of hydrogen-bond acceptors (Lipinski definition) is 3. The molecule has 0 aliphatic heterocycles. The Kier molecular flexibility index (Phi) is 5.34. The molecular formula is C14H16F3NO3. The lowest BCUT2D eigenvalue weighted by molar-refractivity contribution is -0.137. The van der Waals surface area contributed by atoms with Crippen molar-refractivity contribution in [1.29, 1.82) is 0 Å². The van der Waals surface area contributed by atoms with Gasteiger partial charge in [-0.3, -0.25) is 4.79 Å². The lowest BCUT2D eigenvalue weighted by atomic mass is 9.94. The van der Waals surface area contributed by atoms with Crippen LogP contribution in [0.15, 0.2) is 24.3 Å². The van der Waals surface area contributed by atoms with E-state index in [-0.39, 0.29) is 5.56 Å². The first-order valence-corrected chi connectivity index (χ1v) is 6.22. The van der Waals surface area contributed by atoms with E-state index < -0.39 is 35.6 Å². The lowest BCUT2D eigenvalue weighted by Crippen LogP contribution is -2.35. The Morgan fingerprint density at radius 3 is 2.33 bits per heavy atom. The molecule has 0 bridgehead atoms. The molecule has 1 unspecified atom stereocenters. The van der Waals surface area contributed by atoms with Crippen LogP contribution < -0.4 is 5.32 Å². The van der Waals surface area contributed by atoms with Crippen molar-refractivity contribution in [2.75, 3.05) is 7.11 Å². The minimum atomic E-state index is -4.52. The molecule has 116 valence electrons. The van der Waals surface area contributed by atoms with Gasteiger partial charge in [0.05, 0.1) is 12.7 Å². The van der Waals surface area contributed by atoms with Crippen LogP contribution in [0, 0.1) is 5.92 Å². The second-order valence-corrected chi connectivity index (χ2v) is 4.75. The van der Waals surface area contributed by atoms with E-state index in [0.717, 1.165) is 19.2 Å². The molecule has 1 atom stereocenters. The summed E-state index contributed by atoms with van der Waals surface area (Å²) in [4.78, 5) is 23.4. The molecular weight excluding hydrogens is 287 g/mol. The van der Waals surface area contributed by atoms with Crippen LogP contribution in [0.1, 0.15) is 31.0 Å². The first-order valence-electron chi connectivity index (χ1n) is 6.22. The Bertz CT molecular complexity index is 526. The molecule has 1 aromatic rings. The second kappa shape index (κ2) is 6.60. The fraction of sp³-hybridized carbons (Fsp3) is 0.429. The number of halogens is 3. The predicted octanol–water partition coefficient (Wildman–Crippen LogP) is 3.33. The van der Waals surface area contributed by atoms with Gasteiger partial charge in [-0.1, -0.05) is 26.0 Å². The molecule has 0 aliphatic rings. The first-order chi connectivity index (χ1) is 9.66. The monoisotopic (exact) mass is 303 g/mol. The fourth-order valence-corrected chi connectivity index (χ4v) is 1.72. The number of hydrogen-bond donors (Lipinski definition) is 1. The molecule has 7 heteroatoms. The van der Waals surface area contributed by atoms with Crippen molar-refractivity contribution in [2.45, 2.75) is 26.1 Å². The van der Waals surface area contributed by atoms with E-state index in [4.69, 9.17) is 0 Å². The number of carbonyl (C=O) groups excluding carboxylic acids is 2. The van der Waals surface area contributed by atoms with Crippen LogP contribution in [-0.4, -0.2) is 19.0 Å². The fourth-order valence-electron chi connectivity index (χ4n) is 1.72. The summed E-state index contributed by atoms with van der Waals surface area (Å²) in [5.74, 6) is -0.860. The number of methoxy groups -OCH3 is 1. The third-order valence-corrected chi connectivity index (χ3v) is 2.85. The van der Waals surface area contributed by atoms with Gasteiger partial charge in [-0.05, 0) is 17.7 Å². The maximum atomic E-state index is 12.7. The van der Waals surface area contributed by atoms with Crippen molar-refractivity contribution in [2.24, 2.45) is 5.92 Å². The summed E-state index contributed by atoms with van der Waals surface area (Å²) in [6.45, 7) is 3.20. The van der Waals surface area contributed by atoms with Crippen LogP contribution in [0.5, 0.6) is 0 Å². The van der Waals surface area contributed by atoms with E-state index in [1.165, 1.54) is 12.1 Å². The van der Waals surface area contributed by atoms with E-state index in [2.05, 4.69) is 10.1 Å². The Morgan fingerprint density at radius 1 is 1.24 bits per heavy atom. The normalized spacial score (nSPS) is 12.9. The SMILES string of the molecule is COC(=O)NC(C(=O)C(C)C)c1cccc(C(F)(F)F)c1. The van der Waals surface area contributed by atoms with Gasteiger partial charge in [0.25, 0.3) is 0 Å². The highest BCUT2D eigenvalue weighted by Crippen LogP contribution is 2.31. The highest BCUT2D eigenvalue weighted by molar-refractivity contribution is 5.89. The molecule has 0 aromatic heterocycles. The van der Waals surface area contributed by atoms with Crippen LogP contribution >= 0.6 is 0 Å². The number of Topliss-reactive ketones (excluding diaryl/α,β-unsaturated/α-hetero) is 1. The minimum absolute atomic E-state index is 0.0638. The zero-order chi connectivity index (χ0) is 16.2. The minimum Gasteiger partial charge on any atom is -0.453 e. The van der Waals surface area contributed by atoms with Crippen LogP contribution in [0.2, 0.25) is 0 Å². The van der Waals surface area contributed by atoms with Crippen molar-refractivity contribution in [1.82, 2.24) is 5.32 Å². The summed E-state index contributed by atoms with van der Waals surface area (Å²) in [5, 5.41) is 2.26. The number of carbonyl (C=O) groups is 2. The quantitative estimate of drug-likeness (QED) is 0.928. The molecule has 1 amide bonds. The summed E-state index contributed by atoms with van der Waals surface area (Å²) in [6.07, 6.45) is -5.40. The summed E-state index contributed by atoms with van der Waals surface area (Å²) >= 11 is 0. The van der Waals surface area contributed by atoms with Crippen molar-refractivity contribution >= 4 is 11.9 Å². The Labute approximate surface area is 120 Å². The number of alkyl carbamates (subject to hydrolysis) is 1. The van der Waals surface area contributed by atoms with Gasteiger partial charge in [-0.2, -0.15) is 13.2 Å². The van der Waals surface area contributed by atoms with Crippen molar-refractivity contribution in [3.05, 3.63) is 35.4 Å². The Balaban J connectivity index is 3.20. The topological polar surface area (TPSA) is 55.4 Å². The van der Waals surface area contributed by atoms with E-state index >= 15 is 0 Å². The largest absolute Gasteiger partial charge is 0.453 e. The molecule has 0 saturated heterocycles. The molecule has 0 radical (unpaired) electrons. The number of ether oxygens (including phenoxy) is 1. The average molecular weight is 303 g/mol. The molecule has 1 rings (SSSR count). The highest BCUT2D eigenvalue weighted by Gasteiger charge is 2.32. The molecule has 1 aromatic carbocycles. The van der Waals surface area contributed by atoms with E-state index in [1.54, 1.807) is 13.8 Å². The predicted molar refractivity (Wildman–Crippen MR) is 69.6 cm³/mol. The number of alkyl halides is 3. The molecule has 21 heavy (non-hydrogen) atoms. The third-order valence-electron chi connectivity index (χ3n) is 2.85. The molecule has 4 nitrogen and oxygen atoms in total. The van der Waals surface area contributed by atoms with Crippen LogP contribution in [0.25, 0.3) is 0 Å². The van der Waals surface area contributed by atoms with Crippen LogP contribution in [0.4, 0.5) is 18.0 Å². The van der Waals surface area contributed by atoms with Crippen molar-refractivity contribution in [3.63, 3.8) is 0 Å². The van der Waals surface area contributed by atoms with Crippen LogP contribution in [0.3, 0.4) is 0 Å². The van der Waals surface area contributed by atoms with Crippen molar-refractivity contribution < 1.29 is 27.5 Å². The van der Waals surface area contributed by atoms with Crippen LogP contribution in [-0.2, 0) is 15.7 Å². The smallest absolute Gasteiger partial charge is 0.416 e. The van der Waals surface area contributed by atoms with Gasteiger partial charge in [0.1, 0.15) is 6.04 Å². The number of nitrogens with one attached hydrogen (secondary N) is 1. The summed E-state index contributed by atoms with van der Waals surface area (Å²) < 4.78 is 42.6. The maximum Gasteiger partial charge on any atom is 0.416 e. The zero-order valence-electron chi connectivity index (χ0n) is 11.8. The molecule has 0 saturated carbocycles. The molecule has 1 N–H and O–H groups in total. The van der Waals surface area contributed by atoms with Crippen molar-refractivity contribution in [3.8, 4) is 0 Å².